The van der Waals surface area contributed by atoms with Crippen molar-refractivity contribution in [2.45, 2.75) is 19.6 Å². The van der Waals surface area contributed by atoms with Crippen molar-refractivity contribution in [3.8, 4) is 5.75 Å². The van der Waals surface area contributed by atoms with Crippen LogP contribution in [0.1, 0.15) is 24.2 Å². The lowest BCUT2D eigenvalue weighted by atomic mass is 10.1. The van der Waals surface area contributed by atoms with E-state index in [9.17, 15) is 9.18 Å². The molecule has 1 aliphatic rings. The Morgan fingerprint density at radius 2 is 2.00 bits per heavy atom. The normalized spacial score (nSPS) is 17.7. The Morgan fingerprint density at radius 1 is 1.33 bits per heavy atom. The molecular formula is C10H8FIO3. The summed E-state index contributed by atoms with van der Waals surface area (Å²) in [7, 11) is 0. The third-order valence-electron chi connectivity index (χ3n) is 1.95. The van der Waals surface area contributed by atoms with E-state index < -0.39 is 17.6 Å². The Kier molecular flexibility index (Phi) is 2.37. The molecule has 0 aromatic heterocycles. The number of carbonyl (C=O) groups is 1. The van der Waals surface area contributed by atoms with E-state index in [0.29, 0.717) is 3.57 Å². The second-order valence-electron chi connectivity index (χ2n) is 3.62. The summed E-state index contributed by atoms with van der Waals surface area (Å²) in [6.07, 6.45) is 0. The molecule has 0 bridgehead atoms. The van der Waals surface area contributed by atoms with Crippen molar-refractivity contribution in [3.63, 3.8) is 0 Å². The molecule has 1 aliphatic heterocycles. The number of fused-ring (bicyclic) bond motifs is 1. The fourth-order valence-corrected chi connectivity index (χ4v) is 1.92. The molecule has 0 saturated carbocycles. The predicted octanol–water partition coefficient (Wildman–Crippen LogP) is 2.72. The maximum atomic E-state index is 13.4. The van der Waals surface area contributed by atoms with E-state index in [-0.39, 0.29) is 11.3 Å². The number of benzene rings is 1. The van der Waals surface area contributed by atoms with Gasteiger partial charge in [0.1, 0.15) is 11.4 Å². The van der Waals surface area contributed by atoms with Crippen LogP contribution < -0.4 is 4.74 Å². The van der Waals surface area contributed by atoms with Crippen molar-refractivity contribution in [2.24, 2.45) is 0 Å². The van der Waals surface area contributed by atoms with Crippen LogP contribution in [0.5, 0.6) is 5.75 Å². The topological polar surface area (TPSA) is 35.5 Å². The Bertz CT molecular complexity index is 443. The van der Waals surface area contributed by atoms with E-state index in [1.54, 1.807) is 19.9 Å². The SMILES string of the molecule is CC1(C)OC(=O)c2c(F)ccc(I)c2O1. The number of halogens is 2. The van der Waals surface area contributed by atoms with Crippen LogP contribution in [-0.4, -0.2) is 11.8 Å². The molecule has 15 heavy (non-hydrogen) atoms. The van der Waals surface area contributed by atoms with Crippen LogP contribution in [0.25, 0.3) is 0 Å². The predicted molar refractivity (Wildman–Crippen MR) is 59.2 cm³/mol. The standard InChI is InChI=1S/C10H8FIO3/c1-10(2)14-8-6(12)4-3-5(11)7(8)9(13)15-10/h3-4H,1-2H3. The van der Waals surface area contributed by atoms with Crippen molar-refractivity contribution in [2.75, 3.05) is 0 Å². The number of cyclic esters (lactones) is 1. The molecule has 3 nitrogen and oxygen atoms in total. The van der Waals surface area contributed by atoms with E-state index in [4.69, 9.17) is 9.47 Å². The smallest absolute Gasteiger partial charge is 0.348 e. The summed E-state index contributed by atoms with van der Waals surface area (Å²) in [5.41, 5.74) is -0.124. The van der Waals surface area contributed by atoms with E-state index >= 15 is 0 Å². The molecule has 0 radical (unpaired) electrons. The molecule has 80 valence electrons. The van der Waals surface area contributed by atoms with Gasteiger partial charge in [-0.2, -0.15) is 0 Å². The molecule has 0 amide bonds. The summed E-state index contributed by atoms with van der Waals surface area (Å²) in [6, 6.07) is 2.78. The third kappa shape index (κ3) is 1.80. The largest absolute Gasteiger partial charge is 0.451 e. The van der Waals surface area contributed by atoms with Crippen LogP contribution in [0.4, 0.5) is 4.39 Å². The first-order valence-electron chi connectivity index (χ1n) is 4.31. The third-order valence-corrected chi connectivity index (χ3v) is 2.80. The highest BCUT2D eigenvalue weighted by Gasteiger charge is 2.37. The van der Waals surface area contributed by atoms with Crippen LogP contribution in [0.3, 0.4) is 0 Å². The van der Waals surface area contributed by atoms with Gasteiger partial charge in [-0.25, -0.2) is 9.18 Å². The van der Waals surface area contributed by atoms with Gasteiger partial charge in [-0.15, -0.1) is 0 Å². The second-order valence-corrected chi connectivity index (χ2v) is 4.79. The van der Waals surface area contributed by atoms with Gasteiger partial charge in [0.25, 0.3) is 0 Å². The summed E-state index contributed by atoms with van der Waals surface area (Å²) in [5.74, 6) is -2.09. The molecule has 0 saturated heterocycles. The van der Waals surface area contributed by atoms with Crippen LogP contribution in [-0.2, 0) is 4.74 Å². The molecule has 1 aromatic rings. The van der Waals surface area contributed by atoms with E-state index in [1.807, 2.05) is 22.6 Å². The molecule has 1 heterocycles. The highest BCUT2D eigenvalue weighted by molar-refractivity contribution is 14.1. The second kappa shape index (κ2) is 3.33. The number of esters is 1. The van der Waals surface area contributed by atoms with Gasteiger partial charge in [0.05, 0.1) is 3.57 Å². The molecule has 0 unspecified atom stereocenters. The zero-order chi connectivity index (χ0) is 11.2. The first-order valence-corrected chi connectivity index (χ1v) is 5.39. The molecule has 0 aliphatic carbocycles. The van der Waals surface area contributed by atoms with Gasteiger partial charge < -0.3 is 9.47 Å². The van der Waals surface area contributed by atoms with Gasteiger partial charge >= 0.3 is 5.97 Å². The number of hydrogen-bond acceptors (Lipinski definition) is 3. The van der Waals surface area contributed by atoms with Crippen molar-refractivity contribution in [1.82, 2.24) is 0 Å². The first kappa shape index (κ1) is 10.7. The van der Waals surface area contributed by atoms with Gasteiger partial charge in [-0.1, -0.05) is 0 Å². The lowest BCUT2D eigenvalue weighted by Crippen LogP contribution is -2.39. The van der Waals surface area contributed by atoms with Crippen molar-refractivity contribution >= 4 is 28.6 Å². The maximum absolute atomic E-state index is 13.4. The Morgan fingerprint density at radius 3 is 2.67 bits per heavy atom. The van der Waals surface area contributed by atoms with E-state index in [1.165, 1.54) is 6.07 Å². The summed E-state index contributed by atoms with van der Waals surface area (Å²) >= 11 is 1.99. The highest BCUT2D eigenvalue weighted by Crippen LogP contribution is 2.36. The van der Waals surface area contributed by atoms with Gasteiger partial charge in [-0.05, 0) is 34.7 Å². The fourth-order valence-electron chi connectivity index (χ4n) is 1.36. The summed E-state index contributed by atoms with van der Waals surface area (Å²) in [6.45, 7) is 3.21. The van der Waals surface area contributed by atoms with Crippen molar-refractivity contribution < 1.29 is 18.7 Å². The first-order chi connectivity index (χ1) is 6.91. The van der Waals surface area contributed by atoms with Crippen molar-refractivity contribution in [1.29, 1.82) is 0 Å². The molecular weight excluding hydrogens is 314 g/mol. The van der Waals surface area contributed by atoms with E-state index in [2.05, 4.69) is 0 Å². The minimum atomic E-state index is -1.04. The quantitative estimate of drug-likeness (QED) is 0.544. The Labute approximate surface area is 99.7 Å². The molecule has 0 fully saturated rings. The molecule has 0 atom stereocenters. The summed E-state index contributed by atoms with van der Waals surface area (Å²) < 4.78 is 24.4. The van der Waals surface area contributed by atoms with Crippen LogP contribution in [0.15, 0.2) is 12.1 Å². The maximum Gasteiger partial charge on any atom is 0.348 e. The number of rotatable bonds is 0. The molecule has 2 rings (SSSR count). The molecule has 0 spiro atoms. The van der Waals surface area contributed by atoms with Crippen molar-refractivity contribution in [3.05, 3.63) is 27.1 Å². The average Bonchev–Trinajstić information content (AvgIpc) is 2.09. The zero-order valence-electron chi connectivity index (χ0n) is 8.14. The zero-order valence-corrected chi connectivity index (χ0v) is 10.3. The van der Waals surface area contributed by atoms with E-state index in [0.717, 1.165) is 0 Å². The number of carbonyl (C=O) groups excluding carboxylic acids is 1. The fraction of sp³-hybridized carbons (Fsp3) is 0.300. The van der Waals surface area contributed by atoms with Gasteiger partial charge in [0, 0.05) is 13.8 Å². The molecule has 5 heteroatoms. The van der Waals surface area contributed by atoms with Gasteiger partial charge in [0.15, 0.2) is 5.75 Å². The monoisotopic (exact) mass is 322 g/mol. The highest BCUT2D eigenvalue weighted by atomic mass is 127. The Hall–Kier alpha value is -0.850. The minimum absolute atomic E-state index is 0.124. The van der Waals surface area contributed by atoms with Gasteiger partial charge in [-0.3, -0.25) is 0 Å². The average molecular weight is 322 g/mol. The summed E-state index contributed by atoms with van der Waals surface area (Å²) in [5, 5.41) is 0. The molecule has 0 N–H and O–H groups in total. The lowest BCUT2D eigenvalue weighted by Gasteiger charge is -2.32. The van der Waals surface area contributed by atoms with Gasteiger partial charge in [0.2, 0.25) is 5.79 Å². The lowest BCUT2D eigenvalue weighted by molar-refractivity contribution is -0.128. The number of ether oxygens (including phenoxy) is 2. The molecule has 1 aromatic carbocycles. The van der Waals surface area contributed by atoms with Crippen LogP contribution in [0.2, 0.25) is 0 Å². The minimum Gasteiger partial charge on any atom is -0.451 e. The Balaban J connectivity index is 2.64. The summed E-state index contributed by atoms with van der Waals surface area (Å²) in [4.78, 5) is 11.5. The van der Waals surface area contributed by atoms with Crippen LogP contribution in [0, 0.1) is 9.39 Å². The van der Waals surface area contributed by atoms with Crippen LogP contribution >= 0.6 is 22.6 Å². The number of hydrogen-bond donors (Lipinski definition) is 0.